The largest absolute Gasteiger partial charge is 0.481 e. The molecule has 4 heteroatoms. The number of carbonyl (C=O) groups is 1. The van der Waals surface area contributed by atoms with Crippen LogP contribution in [0.5, 0.6) is 5.88 Å². The van der Waals surface area contributed by atoms with Gasteiger partial charge in [-0.05, 0) is 68.2 Å². The van der Waals surface area contributed by atoms with Crippen LogP contribution in [0.1, 0.15) is 96.2 Å². The number of unbranched alkanes of at least 4 members (excludes halogenated alkanes) is 1. The Morgan fingerprint density at radius 3 is 2.55 bits per heavy atom. The molecule has 1 aromatic carbocycles. The summed E-state index contributed by atoms with van der Waals surface area (Å²) in [6.07, 6.45) is 4.98. The first-order chi connectivity index (χ1) is 14.9. The summed E-state index contributed by atoms with van der Waals surface area (Å²) < 4.78 is 5.59. The molecule has 3 rings (SSSR count). The van der Waals surface area contributed by atoms with E-state index in [1.165, 1.54) is 12.8 Å². The second-order valence-electron chi connectivity index (χ2n) is 8.57. The Hall–Kier alpha value is -3.11. The maximum atomic E-state index is 13.9. The number of hydrogen-bond donors (Lipinski definition) is 0. The number of aromatic nitrogens is 1. The number of nitrogens with zero attached hydrogens (tertiary/aromatic N) is 2. The maximum Gasteiger partial charge on any atom is 0.217 e. The van der Waals surface area contributed by atoms with E-state index in [9.17, 15) is 10.1 Å². The first-order valence-electron chi connectivity index (χ1n) is 11.1. The molecule has 1 aliphatic carbocycles. The van der Waals surface area contributed by atoms with Crippen molar-refractivity contribution in [1.82, 2.24) is 4.98 Å². The van der Waals surface area contributed by atoms with Crippen LogP contribution < -0.4 is 4.74 Å². The number of ether oxygens (including phenoxy) is 1. The molecule has 0 saturated heterocycles. The molecule has 4 nitrogen and oxygen atoms in total. The van der Waals surface area contributed by atoms with E-state index in [1.54, 1.807) is 25.3 Å². The molecular weight excluding hydrogens is 384 g/mol. The van der Waals surface area contributed by atoms with Crippen LogP contribution in [-0.2, 0) is 6.42 Å². The third-order valence-electron chi connectivity index (χ3n) is 5.63. The fourth-order valence-corrected chi connectivity index (χ4v) is 3.87. The number of ketones is 1. The third kappa shape index (κ3) is 5.15. The second-order valence-corrected chi connectivity index (χ2v) is 8.57. The Labute approximate surface area is 185 Å². The lowest BCUT2D eigenvalue weighted by Gasteiger charge is -2.21. The normalized spacial score (nSPS) is 12.8. The molecule has 0 aliphatic heterocycles. The molecule has 1 aromatic heterocycles. The Bertz CT molecular complexity index is 1090. The van der Waals surface area contributed by atoms with E-state index in [0.717, 1.165) is 36.1 Å². The van der Waals surface area contributed by atoms with Crippen LogP contribution in [0.25, 0.3) is 0 Å². The van der Waals surface area contributed by atoms with Crippen LogP contribution in [0.3, 0.4) is 0 Å². The van der Waals surface area contributed by atoms with E-state index >= 15 is 0 Å². The highest BCUT2D eigenvalue weighted by Crippen LogP contribution is 2.39. The van der Waals surface area contributed by atoms with Gasteiger partial charge in [0.15, 0.2) is 5.78 Å². The molecule has 1 heterocycles. The molecule has 0 unspecified atom stereocenters. The summed E-state index contributed by atoms with van der Waals surface area (Å²) in [4.78, 5) is 18.6. The zero-order valence-electron chi connectivity index (χ0n) is 19.1. The average molecular weight is 415 g/mol. The van der Waals surface area contributed by atoms with Crippen LogP contribution in [0.4, 0.5) is 0 Å². The molecule has 0 radical (unpaired) electrons. The molecule has 31 heavy (non-hydrogen) atoms. The van der Waals surface area contributed by atoms with E-state index in [-0.39, 0.29) is 11.7 Å². The lowest BCUT2D eigenvalue weighted by atomic mass is 9.86. The van der Waals surface area contributed by atoms with Gasteiger partial charge in [-0.3, -0.25) is 4.79 Å². The SMILES string of the molecule is CCCC#Cc1cc(C#N)cc(C(=O)c2c(CC3CC3)c(C)nc(OC)c2C(C)C)c1. The lowest BCUT2D eigenvalue weighted by molar-refractivity contribution is 0.103. The molecule has 1 fully saturated rings. The molecule has 0 bridgehead atoms. The Balaban J connectivity index is 2.20. The van der Waals surface area contributed by atoms with Crippen molar-refractivity contribution in [1.29, 1.82) is 5.26 Å². The van der Waals surface area contributed by atoms with E-state index in [2.05, 4.69) is 43.7 Å². The molecule has 1 saturated carbocycles. The highest BCUT2D eigenvalue weighted by Gasteiger charge is 2.30. The number of benzene rings is 1. The van der Waals surface area contributed by atoms with Gasteiger partial charge in [-0.2, -0.15) is 5.26 Å². The topological polar surface area (TPSA) is 63.0 Å². The van der Waals surface area contributed by atoms with Crippen molar-refractivity contribution < 1.29 is 9.53 Å². The van der Waals surface area contributed by atoms with Crippen LogP contribution in [-0.4, -0.2) is 17.9 Å². The van der Waals surface area contributed by atoms with Crippen molar-refractivity contribution in [3.05, 3.63) is 57.3 Å². The monoisotopic (exact) mass is 414 g/mol. The van der Waals surface area contributed by atoms with Gasteiger partial charge in [0.25, 0.3) is 0 Å². The number of hydrogen-bond acceptors (Lipinski definition) is 4. The Morgan fingerprint density at radius 1 is 1.26 bits per heavy atom. The van der Waals surface area contributed by atoms with Crippen LogP contribution in [0.15, 0.2) is 18.2 Å². The summed E-state index contributed by atoms with van der Waals surface area (Å²) in [6, 6.07) is 7.39. The van der Waals surface area contributed by atoms with E-state index < -0.39 is 0 Å². The lowest BCUT2D eigenvalue weighted by Crippen LogP contribution is -2.16. The first-order valence-corrected chi connectivity index (χ1v) is 11.1. The Morgan fingerprint density at radius 2 is 1.97 bits per heavy atom. The van der Waals surface area contributed by atoms with Crippen molar-refractivity contribution in [2.24, 2.45) is 5.92 Å². The fraction of sp³-hybridized carbons (Fsp3) is 0.444. The van der Waals surface area contributed by atoms with E-state index in [1.807, 2.05) is 6.92 Å². The summed E-state index contributed by atoms with van der Waals surface area (Å²) in [6.45, 7) is 8.14. The molecule has 1 aliphatic rings. The van der Waals surface area contributed by atoms with Crippen molar-refractivity contribution in [2.45, 2.75) is 65.7 Å². The molecule has 0 N–H and O–H groups in total. The van der Waals surface area contributed by atoms with Gasteiger partial charge in [0.2, 0.25) is 5.88 Å². The van der Waals surface area contributed by atoms with E-state index in [0.29, 0.717) is 34.1 Å². The average Bonchev–Trinajstić information content (AvgIpc) is 3.58. The number of carbonyl (C=O) groups excluding carboxylic acids is 1. The molecule has 160 valence electrons. The Kier molecular flexibility index (Phi) is 7.13. The fourth-order valence-electron chi connectivity index (χ4n) is 3.87. The number of methoxy groups -OCH3 is 1. The van der Waals surface area contributed by atoms with Gasteiger partial charge in [0.1, 0.15) is 0 Å². The number of nitriles is 1. The number of pyridine rings is 1. The summed E-state index contributed by atoms with van der Waals surface area (Å²) in [5.41, 5.74) is 5.02. The van der Waals surface area contributed by atoms with Crippen molar-refractivity contribution in [3.8, 4) is 23.8 Å². The first kappa shape index (κ1) is 22.6. The van der Waals surface area contributed by atoms with Crippen LogP contribution in [0.2, 0.25) is 0 Å². The maximum absolute atomic E-state index is 13.9. The van der Waals surface area contributed by atoms with Gasteiger partial charge in [0, 0.05) is 34.4 Å². The molecule has 0 amide bonds. The van der Waals surface area contributed by atoms with Gasteiger partial charge in [-0.15, -0.1) is 0 Å². The van der Waals surface area contributed by atoms with Gasteiger partial charge in [-0.25, -0.2) is 4.98 Å². The summed E-state index contributed by atoms with van der Waals surface area (Å²) in [5, 5.41) is 9.52. The van der Waals surface area contributed by atoms with Crippen molar-refractivity contribution in [2.75, 3.05) is 7.11 Å². The predicted molar refractivity (Wildman–Crippen MR) is 122 cm³/mol. The minimum absolute atomic E-state index is 0.0721. The van der Waals surface area contributed by atoms with Gasteiger partial charge >= 0.3 is 0 Å². The quantitative estimate of drug-likeness (QED) is 0.429. The molecular formula is C27H30N2O2. The summed E-state index contributed by atoms with van der Waals surface area (Å²) in [5.74, 6) is 7.32. The van der Waals surface area contributed by atoms with Crippen molar-refractivity contribution in [3.63, 3.8) is 0 Å². The zero-order chi connectivity index (χ0) is 22.5. The van der Waals surface area contributed by atoms with Gasteiger partial charge in [-0.1, -0.05) is 32.6 Å². The minimum Gasteiger partial charge on any atom is -0.481 e. The second kappa shape index (κ2) is 9.80. The molecule has 0 atom stereocenters. The highest BCUT2D eigenvalue weighted by atomic mass is 16.5. The van der Waals surface area contributed by atoms with Crippen molar-refractivity contribution >= 4 is 5.78 Å². The van der Waals surface area contributed by atoms with Gasteiger partial charge in [0.05, 0.1) is 18.7 Å². The van der Waals surface area contributed by atoms with Crippen LogP contribution >= 0.6 is 0 Å². The van der Waals surface area contributed by atoms with Gasteiger partial charge < -0.3 is 4.74 Å². The van der Waals surface area contributed by atoms with Crippen LogP contribution in [0, 0.1) is 36.0 Å². The highest BCUT2D eigenvalue weighted by molar-refractivity contribution is 6.11. The molecule has 0 spiro atoms. The summed E-state index contributed by atoms with van der Waals surface area (Å²) >= 11 is 0. The standard InChI is InChI=1S/C27H30N2O2/c1-6-7-8-9-20-12-21(16-28)14-22(13-20)26(30)25-23(15-19-10-11-19)18(4)29-27(31-5)24(25)17(2)3/h12-14,17,19H,6-7,10-11,15H2,1-5H3. The third-order valence-corrected chi connectivity index (χ3v) is 5.63. The number of aryl methyl sites for hydroxylation is 1. The zero-order valence-corrected chi connectivity index (χ0v) is 19.1. The summed E-state index contributed by atoms with van der Waals surface area (Å²) in [7, 11) is 1.60. The smallest absolute Gasteiger partial charge is 0.217 e. The number of rotatable bonds is 7. The molecule has 2 aromatic rings. The predicted octanol–water partition coefficient (Wildman–Crippen LogP) is 5.73. The van der Waals surface area contributed by atoms with E-state index in [4.69, 9.17) is 4.74 Å². The minimum atomic E-state index is -0.0845.